The van der Waals surface area contributed by atoms with E-state index in [2.05, 4.69) is 21.8 Å². The van der Waals surface area contributed by atoms with Gasteiger partial charge in [-0.15, -0.1) is 0 Å². The van der Waals surface area contributed by atoms with Gasteiger partial charge in [0.2, 0.25) is 0 Å². The van der Waals surface area contributed by atoms with Crippen LogP contribution in [0, 0.1) is 5.82 Å². The fourth-order valence-electron chi connectivity index (χ4n) is 3.87. The lowest BCUT2D eigenvalue weighted by Gasteiger charge is -2.03. The molecule has 5 aromatic rings. The lowest BCUT2D eigenvalue weighted by Crippen LogP contribution is -1.90. The molecule has 33 heavy (non-hydrogen) atoms. The van der Waals surface area contributed by atoms with Crippen molar-refractivity contribution in [2.24, 2.45) is 0 Å². The predicted octanol–water partition coefficient (Wildman–Crippen LogP) is 6.84. The van der Waals surface area contributed by atoms with Crippen LogP contribution in [0.5, 0.6) is 0 Å². The summed E-state index contributed by atoms with van der Waals surface area (Å²) in [7, 11) is 0. The zero-order chi connectivity index (χ0) is 22.9. The fraction of sp³-hybridized carbons (Fsp3) is 0.0741. The number of imidazole rings is 1. The Morgan fingerprint density at radius 1 is 1.00 bits per heavy atom. The molecule has 0 unspecified atom stereocenters. The second-order valence-corrected chi connectivity index (χ2v) is 7.80. The van der Waals surface area contributed by atoms with Crippen molar-refractivity contribution in [3.05, 3.63) is 96.5 Å². The fourth-order valence-corrected chi connectivity index (χ4v) is 3.87. The van der Waals surface area contributed by atoms with Crippen LogP contribution < -0.4 is 0 Å². The summed E-state index contributed by atoms with van der Waals surface area (Å²) in [4.78, 5) is 13.1. The van der Waals surface area contributed by atoms with Crippen molar-refractivity contribution >= 4 is 27.6 Å². The van der Waals surface area contributed by atoms with E-state index in [0.717, 1.165) is 50.0 Å². The van der Waals surface area contributed by atoms with Crippen LogP contribution in [0.1, 0.15) is 19.5 Å². The molecule has 2 aromatic carbocycles. The zero-order valence-electron chi connectivity index (χ0n) is 18.4. The molecule has 0 spiro atoms. The van der Waals surface area contributed by atoms with Crippen LogP contribution in [0.2, 0.25) is 0 Å². The van der Waals surface area contributed by atoms with E-state index < -0.39 is 0 Å². The van der Waals surface area contributed by atoms with Crippen molar-refractivity contribution in [1.29, 1.82) is 0 Å². The van der Waals surface area contributed by atoms with Crippen LogP contribution in [-0.2, 0) is 0 Å². The second-order valence-electron chi connectivity index (χ2n) is 7.80. The summed E-state index contributed by atoms with van der Waals surface area (Å²) in [5.74, 6) is 0.320. The van der Waals surface area contributed by atoms with Crippen molar-refractivity contribution in [2.45, 2.75) is 13.8 Å². The van der Waals surface area contributed by atoms with E-state index in [1.165, 1.54) is 12.1 Å². The monoisotopic (exact) mass is 435 g/mol. The SMILES string of the molecule is C=C/C(C)=C\C(=C/C)c1ccc2[nH]nc(-c3nc4c(-c5cccc(F)c5)cccc4[nH]3)c2n1. The minimum Gasteiger partial charge on any atom is -0.336 e. The molecular formula is C27H22FN5. The van der Waals surface area contributed by atoms with Gasteiger partial charge >= 0.3 is 0 Å². The summed E-state index contributed by atoms with van der Waals surface area (Å²) in [5.41, 5.74) is 8.29. The summed E-state index contributed by atoms with van der Waals surface area (Å²) in [6, 6.07) is 16.3. The second kappa shape index (κ2) is 8.31. The van der Waals surface area contributed by atoms with Crippen LogP contribution in [-0.4, -0.2) is 25.1 Å². The van der Waals surface area contributed by atoms with E-state index in [9.17, 15) is 4.39 Å². The molecule has 5 rings (SSSR count). The maximum Gasteiger partial charge on any atom is 0.161 e. The number of hydrogen-bond acceptors (Lipinski definition) is 3. The van der Waals surface area contributed by atoms with Crippen LogP contribution >= 0.6 is 0 Å². The lowest BCUT2D eigenvalue weighted by molar-refractivity contribution is 0.628. The van der Waals surface area contributed by atoms with Gasteiger partial charge in [0.1, 0.15) is 11.3 Å². The van der Waals surface area contributed by atoms with Crippen molar-refractivity contribution in [3.8, 4) is 22.6 Å². The number of hydrogen-bond donors (Lipinski definition) is 2. The Morgan fingerprint density at radius 2 is 1.85 bits per heavy atom. The van der Waals surface area contributed by atoms with E-state index >= 15 is 0 Å². The molecule has 0 saturated carbocycles. The molecule has 6 heteroatoms. The third kappa shape index (κ3) is 3.76. The highest BCUT2D eigenvalue weighted by atomic mass is 19.1. The molecule has 5 nitrogen and oxygen atoms in total. The summed E-state index contributed by atoms with van der Waals surface area (Å²) in [6.45, 7) is 7.81. The molecule has 0 saturated heterocycles. The Labute approximate surface area is 190 Å². The number of nitrogens with one attached hydrogen (secondary N) is 2. The van der Waals surface area contributed by atoms with Crippen molar-refractivity contribution in [2.75, 3.05) is 0 Å². The Balaban J connectivity index is 1.64. The smallest absolute Gasteiger partial charge is 0.161 e. The lowest BCUT2D eigenvalue weighted by atomic mass is 10.0. The van der Waals surface area contributed by atoms with E-state index in [4.69, 9.17) is 9.97 Å². The molecular weight excluding hydrogens is 413 g/mol. The largest absolute Gasteiger partial charge is 0.336 e. The van der Waals surface area contributed by atoms with Gasteiger partial charge in [-0.3, -0.25) is 5.10 Å². The number of allylic oxidation sites excluding steroid dienone is 5. The van der Waals surface area contributed by atoms with Gasteiger partial charge < -0.3 is 4.98 Å². The van der Waals surface area contributed by atoms with Gasteiger partial charge in [0, 0.05) is 5.56 Å². The quantitative estimate of drug-likeness (QED) is 0.297. The number of fused-ring (bicyclic) bond motifs is 2. The number of H-pyrrole nitrogens is 2. The normalized spacial score (nSPS) is 12.6. The summed E-state index contributed by atoms with van der Waals surface area (Å²) >= 11 is 0. The molecule has 0 aliphatic rings. The van der Waals surface area contributed by atoms with Gasteiger partial charge in [-0.1, -0.05) is 54.6 Å². The Bertz CT molecular complexity index is 1570. The average Bonchev–Trinajstić information content (AvgIpc) is 3.45. The maximum absolute atomic E-state index is 13.8. The molecule has 2 N–H and O–H groups in total. The van der Waals surface area contributed by atoms with E-state index in [0.29, 0.717) is 11.5 Å². The highest BCUT2D eigenvalue weighted by Gasteiger charge is 2.17. The number of para-hydroxylation sites is 1. The molecule has 0 bridgehead atoms. The van der Waals surface area contributed by atoms with Gasteiger partial charge in [0.05, 0.1) is 22.2 Å². The Kier molecular flexibility index (Phi) is 5.18. The highest BCUT2D eigenvalue weighted by Crippen LogP contribution is 2.31. The molecule has 0 radical (unpaired) electrons. The van der Waals surface area contributed by atoms with E-state index in [1.807, 2.05) is 68.5 Å². The topological polar surface area (TPSA) is 70.2 Å². The number of aromatic amines is 2. The van der Waals surface area contributed by atoms with Crippen LogP contribution in [0.15, 0.2) is 85.0 Å². The molecule has 162 valence electrons. The first kappa shape index (κ1) is 20.6. The van der Waals surface area contributed by atoms with Crippen molar-refractivity contribution < 1.29 is 4.39 Å². The van der Waals surface area contributed by atoms with Gasteiger partial charge in [-0.05, 0) is 55.3 Å². The first-order chi connectivity index (χ1) is 16.1. The minimum absolute atomic E-state index is 0.282. The number of nitrogens with zero attached hydrogens (tertiary/aromatic N) is 3. The van der Waals surface area contributed by atoms with Crippen LogP contribution in [0.25, 0.3) is 50.3 Å². The van der Waals surface area contributed by atoms with E-state index in [1.54, 1.807) is 6.07 Å². The predicted molar refractivity (Wildman–Crippen MR) is 132 cm³/mol. The molecule has 0 amide bonds. The zero-order valence-corrected chi connectivity index (χ0v) is 18.4. The highest BCUT2D eigenvalue weighted by molar-refractivity contribution is 5.96. The third-order valence-electron chi connectivity index (χ3n) is 5.59. The Morgan fingerprint density at radius 3 is 2.64 bits per heavy atom. The van der Waals surface area contributed by atoms with Crippen molar-refractivity contribution in [1.82, 2.24) is 25.1 Å². The number of halogens is 1. The van der Waals surface area contributed by atoms with Gasteiger partial charge in [0.15, 0.2) is 11.5 Å². The number of rotatable bonds is 5. The average molecular weight is 436 g/mol. The molecule has 3 heterocycles. The summed E-state index contributed by atoms with van der Waals surface area (Å²) < 4.78 is 13.8. The van der Waals surface area contributed by atoms with E-state index in [-0.39, 0.29) is 5.82 Å². The third-order valence-corrected chi connectivity index (χ3v) is 5.59. The van der Waals surface area contributed by atoms with Crippen molar-refractivity contribution in [3.63, 3.8) is 0 Å². The first-order valence-electron chi connectivity index (χ1n) is 10.6. The molecule has 0 aliphatic carbocycles. The van der Waals surface area contributed by atoms with Gasteiger partial charge in [-0.2, -0.15) is 5.10 Å². The van der Waals surface area contributed by atoms with Gasteiger partial charge in [0.25, 0.3) is 0 Å². The maximum atomic E-state index is 13.8. The molecule has 0 aliphatic heterocycles. The number of pyridine rings is 1. The standard InChI is InChI=1S/C27H22FN5/c1-4-16(3)14-17(5-2)21-12-13-23-25(29-21)26(33-32-23)27-30-22-11-7-10-20(24(22)31-27)18-8-6-9-19(28)15-18/h4-15H,1H2,2-3H3,(H,30,31)(H,32,33)/b16-14-,17-5+. The van der Waals surface area contributed by atoms with Crippen LogP contribution in [0.4, 0.5) is 4.39 Å². The van der Waals surface area contributed by atoms with Gasteiger partial charge in [-0.25, -0.2) is 14.4 Å². The summed E-state index contributed by atoms with van der Waals surface area (Å²) in [6.07, 6.45) is 5.89. The molecule has 0 atom stereocenters. The molecule has 0 fully saturated rings. The first-order valence-corrected chi connectivity index (χ1v) is 10.6. The number of benzene rings is 2. The number of aromatic nitrogens is 5. The minimum atomic E-state index is -0.282. The Hall–Kier alpha value is -4.32. The molecule has 3 aromatic heterocycles. The van der Waals surface area contributed by atoms with Crippen LogP contribution in [0.3, 0.4) is 0 Å². The summed E-state index contributed by atoms with van der Waals surface area (Å²) in [5, 5.41) is 7.54.